The SMILES string of the molecule is CCCNC(CCCC(F)(F)F)C1CCCCCC1. The van der Waals surface area contributed by atoms with Gasteiger partial charge in [-0.1, -0.05) is 32.6 Å². The van der Waals surface area contributed by atoms with Gasteiger partial charge in [0.2, 0.25) is 0 Å². The molecule has 1 atom stereocenters. The molecule has 1 fully saturated rings. The maximum absolute atomic E-state index is 12.2. The van der Waals surface area contributed by atoms with E-state index in [1.807, 2.05) is 0 Å². The fraction of sp³-hybridized carbons (Fsp3) is 1.00. The minimum atomic E-state index is -4.00. The summed E-state index contributed by atoms with van der Waals surface area (Å²) in [6, 6.07) is 0.292. The summed E-state index contributed by atoms with van der Waals surface area (Å²) in [5.74, 6) is 0.585. The van der Waals surface area contributed by atoms with E-state index in [2.05, 4.69) is 12.2 Å². The minimum Gasteiger partial charge on any atom is -0.314 e. The highest BCUT2D eigenvalue weighted by Gasteiger charge is 2.28. The van der Waals surface area contributed by atoms with Crippen molar-refractivity contribution >= 4 is 0 Å². The van der Waals surface area contributed by atoms with Crippen molar-refractivity contribution in [3.8, 4) is 0 Å². The van der Waals surface area contributed by atoms with Gasteiger partial charge in [0.25, 0.3) is 0 Å². The molecule has 0 spiro atoms. The minimum absolute atomic E-state index is 0.265. The lowest BCUT2D eigenvalue weighted by Crippen LogP contribution is -2.37. The molecule has 0 bridgehead atoms. The van der Waals surface area contributed by atoms with Crippen molar-refractivity contribution in [2.45, 2.75) is 83.4 Å². The van der Waals surface area contributed by atoms with Gasteiger partial charge in [-0.2, -0.15) is 13.2 Å². The number of halogens is 3. The lowest BCUT2D eigenvalue weighted by Gasteiger charge is -2.27. The highest BCUT2D eigenvalue weighted by atomic mass is 19.4. The monoisotopic (exact) mass is 279 g/mol. The van der Waals surface area contributed by atoms with Crippen molar-refractivity contribution in [2.75, 3.05) is 6.54 Å². The average Bonchev–Trinajstić information content (AvgIpc) is 2.61. The molecule has 1 saturated carbocycles. The zero-order valence-electron chi connectivity index (χ0n) is 12.1. The van der Waals surface area contributed by atoms with Gasteiger partial charge < -0.3 is 5.32 Å². The van der Waals surface area contributed by atoms with Crippen molar-refractivity contribution < 1.29 is 13.2 Å². The number of rotatable bonds is 7. The largest absolute Gasteiger partial charge is 0.389 e. The van der Waals surface area contributed by atoms with E-state index in [4.69, 9.17) is 0 Å². The molecule has 1 aliphatic rings. The second kappa shape index (κ2) is 8.83. The van der Waals surface area contributed by atoms with Crippen molar-refractivity contribution in [3.63, 3.8) is 0 Å². The van der Waals surface area contributed by atoms with Crippen LogP contribution in [0.2, 0.25) is 0 Å². The van der Waals surface area contributed by atoms with Gasteiger partial charge in [0.1, 0.15) is 0 Å². The third kappa shape index (κ3) is 7.81. The summed E-state index contributed by atoms with van der Waals surface area (Å²) >= 11 is 0. The van der Waals surface area contributed by atoms with Crippen molar-refractivity contribution in [2.24, 2.45) is 5.92 Å². The summed E-state index contributed by atoms with van der Waals surface area (Å²) in [7, 11) is 0. The highest BCUT2D eigenvalue weighted by Crippen LogP contribution is 2.29. The molecule has 0 aromatic heterocycles. The number of nitrogens with one attached hydrogen (secondary N) is 1. The van der Waals surface area contributed by atoms with Crippen LogP contribution in [0.5, 0.6) is 0 Å². The van der Waals surface area contributed by atoms with Gasteiger partial charge in [0.05, 0.1) is 0 Å². The molecular formula is C15H28F3N. The van der Waals surface area contributed by atoms with Gasteiger partial charge in [-0.05, 0) is 44.6 Å². The van der Waals surface area contributed by atoms with Crippen LogP contribution in [-0.4, -0.2) is 18.8 Å². The first kappa shape index (κ1) is 16.8. The molecular weight excluding hydrogens is 251 g/mol. The molecule has 0 radical (unpaired) electrons. The van der Waals surface area contributed by atoms with E-state index < -0.39 is 12.6 Å². The number of hydrogen-bond donors (Lipinski definition) is 1. The Balaban J connectivity index is 2.40. The maximum Gasteiger partial charge on any atom is 0.389 e. The van der Waals surface area contributed by atoms with Gasteiger partial charge >= 0.3 is 6.18 Å². The zero-order chi connectivity index (χ0) is 14.1. The van der Waals surface area contributed by atoms with Crippen LogP contribution in [0.25, 0.3) is 0 Å². The summed E-state index contributed by atoms with van der Waals surface area (Å²) in [5, 5.41) is 3.49. The van der Waals surface area contributed by atoms with E-state index in [1.54, 1.807) is 0 Å². The summed E-state index contributed by atoms with van der Waals surface area (Å²) in [5.41, 5.74) is 0. The molecule has 1 nitrogen and oxygen atoms in total. The summed E-state index contributed by atoms with van der Waals surface area (Å²) < 4.78 is 36.7. The normalized spacial score (nSPS) is 20.2. The van der Waals surface area contributed by atoms with Crippen LogP contribution >= 0.6 is 0 Å². The van der Waals surface area contributed by atoms with E-state index >= 15 is 0 Å². The summed E-state index contributed by atoms with van der Waals surface area (Å²) in [6.07, 6.45) is 4.79. The fourth-order valence-corrected chi connectivity index (χ4v) is 3.07. The van der Waals surface area contributed by atoms with E-state index in [1.165, 1.54) is 38.5 Å². The molecule has 0 aliphatic heterocycles. The van der Waals surface area contributed by atoms with Crippen LogP contribution in [0.3, 0.4) is 0 Å². The van der Waals surface area contributed by atoms with Gasteiger partial charge in [0.15, 0.2) is 0 Å². The second-order valence-electron chi connectivity index (χ2n) is 5.82. The first-order valence-electron chi connectivity index (χ1n) is 7.83. The predicted molar refractivity (Wildman–Crippen MR) is 73.2 cm³/mol. The van der Waals surface area contributed by atoms with E-state index in [9.17, 15) is 13.2 Å². The molecule has 19 heavy (non-hydrogen) atoms. The highest BCUT2D eigenvalue weighted by molar-refractivity contribution is 4.79. The van der Waals surface area contributed by atoms with E-state index in [0.717, 1.165) is 13.0 Å². The molecule has 0 aromatic rings. The van der Waals surface area contributed by atoms with Crippen molar-refractivity contribution in [1.82, 2.24) is 5.32 Å². The topological polar surface area (TPSA) is 12.0 Å². The molecule has 4 heteroatoms. The van der Waals surface area contributed by atoms with Crippen molar-refractivity contribution in [1.29, 1.82) is 0 Å². The third-order valence-electron chi connectivity index (χ3n) is 4.10. The predicted octanol–water partition coefficient (Wildman–Crippen LogP) is 5.06. The fourth-order valence-electron chi connectivity index (χ4n) is 3.07. The number of alkyl halides is 3. The molecule has 1 unspecified atom stereocenters. The van der Waals surface area contributed by atoms with Gasteiger partial charge in [-0.3, -0.25) is 0 Å². The Morgan fingerprint density at radius 2 is 1.74 bits per heavy atom. The van der Waals surface area contributed by atoms with Crippen molar-refractivity contribution in [3.05, 3.63) is 0 Å². The first-order valence-corrected chi connectivity index (χ1v) is 7.83. The van der Waals surface area contributed by atoms with Gasteiger partial charge in [0, 0.05) is 12.5 Å². The zero-order valence-corrected chi connectivity index (χ0v) is 12.1. The van der Waals surface area contributed by atoms with Crippen LogP contribution in [0.15, 0.2) is 0 Å². The van der Waals surface area contributed by atoms with Crippen LogP contribution < -0.4 is 5.32 Å². The molecule has 0 heterocycles. The standard InChI is InChI=1S/C15H28F3N/c1-2-12-19-14(10-7-11-15(16,17)18)13-8-5-3-4-6-9-13/h13-14,19H,2-12H2,1H3. The lowest BCUT2D eigenvalue weighted by molar-refractivity contribution is -0.136. The van der Waals surface area contributed by atoms with Crippen LogP contribution in [0.4, 0.5) is 13.2 Å². The Hall–Kier alpha value is -0.250. The van der Waals surface area contributed by atoms with E-state index in [0.29, 0.717) is 18.4 Å². The summed E-state index contributed by atoms with van der Waals surface area (Å²) in [4.78, 5) is 0. The molecule has 0 saturated heterocycles. The van der Waals surface area contributed by atoms with Crippen LogP contribution in [0, 0.1) is 5.92 Å². The Morgan fingerprint density at radius 3 is 2.26 bits per heavy atom. The molecule has 1 rings (SSSR count). The van der Waals surface area contributed by atoms with Gasteiger partial charge in [-0.15, -0.1) is 0 Å². The van der Waals surface area contributed by atoms with Gasteiger partial charge in [-0.25, -0.2) is 0 Å². The Kier molecular flexibility index (Phi) is 7.81. The summed E-state index contributed by atoms with van der Waals surface area (Å²) in [6.45, 7) is 3.03. The van der Waals surface area contributed by atoms with Crippen LogP contribution in [0.1, 0.15) is 71.1 Å². The molecule has 1 N–H and O–H groups in total. The first-order chi connectivity index (χ1) is 9.03. The molecule has 1 aliphatic carbocycles. The van der Waals surface area contributed by atoms with Crippen LogP contribution in [-0.2, 0) is 0 Å². The molecule has 0 aromatic carbocycles. The quantitative estimate of drug-likeness (QED) is 0.642. The second-order valence-corrected chi connectivity index (χ2v) is 5.82. The van der Waals surface area contributed by atoms with E-state index in [-0.39, 0.29) is 6.42 Å². The number of hydrogen-bond acceptors (Lipinski definition) is 1. The lowest BCUT2D eigenvalue weighted by atomic mass is 9.88. The molecule has 114 valence electrons. The molecule has 0 amide bonds. The maximum atomic E-state index is 12.2. The third-order valence-corrected chi connectivity index (χ3v) is 4.10. The Labute approximate surface area is 115 Å². The Morgan fingerprint density at radius 1 is 1.11 bits per heavy atom. The smallest absolute Gasteiger partial charge is 0.314 e. The average molecular weight is 279 g/mol. The Bertz CT molecular complexity index is 220.